The van der Waals surface area contributed by atoms with Crippen LogP contribution < -0.4 is 11.1 Å². The first-order valence-corrected chi connectivity index (χ1v) is 6.67. The third-order valence-electron chi connectivity index (χ3n) is 2.62. The highest BCUT2D eigenvalue weighted by Gasteiger charge is 2.07. The van der Waals surface area contributed by atoms with Gasteiger partial charge >= 0.3 is 0 Å². The average molecular weight is 304 g/mol. The van der Waals surface area contributed by atoms with Gasteiger partial charge in [0, 0.05) is 17.0 Å². The smallest absolute Gasteiger partial charge is 0.226 e. The van der Waals surface area contributed by atoms with E-state index in [9.17, 15) is 4.79 Å². The summed E-state index contributed by atoms with van der Waals surface area (Å²) < 4.78 is 1.59. The summed E-state index contributed by atoms with van der Waals surface area (Å²) in [5, 5.41) is 7.30. The van der Waals surface area contributed by atoms with E-state index in [0.717, 1.165) is 0 Å². The van der Waals surface area contributed by atoms with Gasteiger partial charge < -0.3 is 11.1 Å². The van der Waals surface area contributed by atoms with Crippen molar-refractivity contribution < 1.29 is 4.79 Å². The first kappa shape index (κ1) is 15.0. The number of benzene rings is 1. The molecule has 2 rings (SSSR count). The molecule has 0 saturated carbocycles. The lowest BCUT2D eigenvalue weighted by Crippen LogP contribution is -2.15. The van der Waals surface area contributed by atoms with Gasteiger partial charge in [-0.05, 0) is 18.2 Å². The highest BCUT2D eigenvalue weighted by atomic mass is 35.5. The topological polar surface area (TPSA) is 85.8 Å². The number of carbonyl (C=O) groups is 1. The molecule has 1 aromatic carbocycles. The number of hydrogen-bond acceptors (Lipinski definition) is 4. The van der Waals surface area contributed by atoms with Gasteiger partial charge in [-0.1, -0.05) is 23.4 Å². The monoisotopic (exact) mass is 303 g/mol. The van der Waals surface area contributed by atoms with E-state index in [4.69, 9.17) is 17.3 Å². The van der Waals surface area contributed by atoms with Crippen LogP contribution in [0.2, 0.25) is 5.02 Å². The number of amides is 1. The predicted octanol–water partition coefficient (Wildman–Crippen LogP) is 1.27. The summed E-state index contributed by atoms with van der Waals surface area (Å²) >= 11 is 5.93. The number of hydrogen-bond donors (Lipinski definition) is 2. The summed E-state index contributed by atoms with van der Waals surface area (Å²) in [6.07, 6.45) is 3.28. The Morgan fingerprint density at radius 3 is 3.05 bits per heavy atom. The van der Waals surface area contributed by atoms with Gasteiger partial charge in [-0.15, -0.1) is 0 Å². The minimum absolute atomic E-state index is 0.136. The third kappa shape index (κ3) is 4.60. The quantitative estimate of drug-likeness (QED) is 0.833. The summed E-state index contributed by atoms with van der Waals surface area (Å²) in [5.41, 5.74) is 6.61. The second-order valence-corrected chi connectivity index (χ2v) is 4.59. The normalized spacial score (nSPS) is 9.81. The molecule has 2 aromatic rings. The Labute approximate surface area is 127 Å². The Kier molecular flexibility index (Phi) is 5.32. The van der Waals surface area contributed by atoms with Crippen molar-refractivity contribution in [2.24, 2.45) is 5.73 Å². The highest BCUT2D eigenvalue weighted by molar-refractivity contribution is 6.30. The van der Waals surface area contributed by atoms with Crippen molar-refractivity contribution in [2.75, 3.05) is 11.9 Å². The predicted molar refractivity (Wildman–Crippen MR) is 80.7 cm³/mol. The van der Waals surface area contributed by atoms with Crippen LogP contribution in [0.4, 0.5) is 5.69 Å². The molecule has 1 amide bonds. The summed E-state index contributed by atoms with van der Waals surface area (Å²) in [6, 6.07) is 5.11. The van der Waals surface area contributed by atoms with Crippen molar-refractivity contribution in [2.45, 2.75) is 13.0 Å². The van der Waals surface area contributed by atoms with Crippen molar-refractivity contribution >= 4 is 23.2 Å². The van der Waals surface area contributed by atoms with Crippen LogP contribution in [0.5, 0.6) is 0 Å². The number of carbonyl (C=O) groups excluding carboxylic acids is 1. The molecule has 0 saturated heterocycles. The van der Waals surface area contributed by atoms with Crippen molar-refractivity contribution in [1.82, 2.24) is 14.8 Å². The molecule has 0 spiro atoms. The molecule has 0 aliphatic carbocycles. The largest absolute Gasteiger partial charge is 0.325 e. The molecule has 1 heterocycles. The minimum atomic E-state index is -0.136. The zero-order chi connectivity index (χ0) is 15.1. The molecule has 108 valence electrons. The van der Waals surface area contributed by atoms with Crippen LogP contribution in [0, 0.1) is 11.8 Å². The van der Waals surface area contributed by atoms with E-state index in [-0.39, 0.29) is 18.9 Å². The Balaban J connectivity index is 2.02. The molecule has 1 aromatic heterocycles. The van der Waals surface area contributed by atoms with Crippen LogP contribution in [0.3, 0.4) is 0 Å². The van der Waals surface area contributed by atoms with E-state index >= 15 is 0 Å². The summed E-state index contributed by atoms with van der Waals surface area (Å²) in [7, 11) is 0. The fourth-order valence-electron chi connectivity index (χ4n) is 1.65. The Morgan fingerprint density at radius 2 is 2.33 bits per heavy atom. The van der Waals surface area contributed by atoms with Gasteiger partial charge in [0.05, 0.1) is 18.8 Å². The molecular formula is C14H14ClN5O. The van der Waals surface area contributed by atoms with E-state index in [2.05, 4.69) is 27.2 Å². The second kappa shape index (κ2) is 7.43. The maximum Gasteiger partial charge on any atom is 0.226 e. The zero-order valence-corrected chi connectivity index (χ0v) is 12.0. The van der Waals surface area contributed by atoms with Crippen molar-refractivity contribution in [3.63, 3.8) is 0 Å². The van der Waals surface area contributed by atoms with Gasteiger partial charge in [0.1, 0.15) is 12.7 Å². The minimum Gasteiger partial charge on any atom is -0.325 e. The van der Waals surface area contributed by atoms with Crippen LogP contribution in [0.15, 0.2) is 30.9 Å². The average Bonchev–Trinajstić information content (AvgIpc) is 2.98. The van der Waals surface area contributed by atoms with Crippen LogP contribution in [0.1, 0.15) is 12.0 Å². The SMILES string of the molecule is NCC#Cc1cc(Cl)ccc1NC(=O)CCn1cncn1. The number of nitrogens with zero attached hydrogens (tertiary/aromatic N) is 3. The summed E-state index contributed by atoms with van der Waals surface area (Å²) in [5.74, 6) is 5.50. The fraction of sp³-hybridized carbons (Fsp3) is 0.214. The van der Waals surface area contributed by atoms with Gasteiger partial charge in [-0.25, -0.2) is 4.98 Å². The molecular weight excluding hydrogens is 290 g/mol. The maximum atomic E-state index is 11.9. The van der Waals surface area contributed by atoms with E-state index in [0.29, 0.717) is 22.8 Å². The molecule has 0 radical (unpaired) electrons. The number of aryl methyl sites for hydroxylation is 1. The molecule has 7 heteroatoms. The van der Waals surface area contributed by atoms with E-state index in [1.807, 2.05) is 0 Å². The van der Waals surface area contributed by atoms with E-state index in [1.165, 1.54) is 6.33 Å². The van der Waals surface area contributed by atoms with Gasteiger partial charge in [0.15, 0.2) is 0 Å². The maximum absolute atomic E-state index is 11.9. The fourth-order valence-corrected chi connectivity index (χ4v) is 1.82. The molecule has 6 nitrogen and oxygen atoms in total. The first-order valence-electron chi connectivity index (χ1n) is 6.30. The molecule has 0 aliphatic heterocycles. The summed E-state index contributed by atoms with van der Waals surface area (Å²) in [6.45, 7) is 0.704. The number of anilines is 1. The Bertz CT molecular complexity index is 672. The molecule has 21 heavy (non-hydrogen) atoms. The lowest BCUT2D eigenvalue weighted by Gasteiger charge is -2.08. The van der Waals surface area contributed by atoms with Gasteiger partial charge in [0.25, 0.3) is 0 Å². The molecule has 0 aliphatic rings. The number of rotatable bonds is 4. The lowest BCUT2D eigenvalue weighted by molar-refractivity contribution is -0.116. The zero-order valence-electron chi connectivity index (χ0n) is 11.2. The number of nitrogens with one attached hydrogen (secondary N) is 1. The van der Waals surface area contributed by atoms with E-state index in [1.54, 1.807) is 29.2 Å². The molecule has 0 unspecified atom stereocenters. The highest BCUT2D eigenvalue weighted by Crippen LogP contribution is 2.20. The van der Waals surface area contributed by atoms with Gasteiger partial charge in [-0.2, -0.15) is 5.10 Å². The Hall–Kier alpha value is -2.36. The Morgan fingerprint density at radius 1 is 1.48 bits per heavy atom. The number of aromatic nitrogens is 3. The van der Waals surface area contributed by atoms with E-state index < -0.39 is 0 Å². The van der Waals surface area contributed by atoms with Gasteiger partial charge in [-0.3, -0.25) is 9.48 Å². The van der Waals surface area contributed by atoms with Crippen LogP contribution >= 0.6 is 11.6 Å². The van der Waals surface area contributed by atoms with Crippen LogP contribution in [0.25, 0.3) is 0 Å². The third-order valence-corrected chi connectivity index (χ3v) is 2.85. The second-order valence-electron chi connectivity index (χ2n) is 4.15. The first-order chi connectivity index (χ1) is 10.2. The van der Waals surface area contributed by atoms with Crippen molar-refractivity contribution in [1.29, 1.82) is 0 Å². The summed E-state index contributed by atoms with van der Waals surface area (Å²) in [4.78, 5) is 15.8. The van der Waals surface area contributed by atoms with Crippen molar-refractivity contribution in [3.05, 3.63) is 41.4 Å². The number of nitrogens with two attached hydrogens (primary N) is 1. The van der Waals surface area contributed by atoms with Gasteiger partial charge in [0.2, 0.25) is 5.91 Å². The molecule has 3 N–H and O–H groups in total. The van der Waals surface area contributed by atoms with Crippen LogP contribution in [-0.4, -0.2) is 27.2 Å². The molecule has 0 bridgehead atoms. The lowest BCUT2D eigenvalue weighted by atomic mass is 10.1. The number of halogens is 1. The molecule has 0 fully saturated rings. The molecule has 0 atom stereocenters. The van der Waals surface area contributed by atoms with Crippen molar-refractivity contribution in [3.8, 4) is 11.8 Å². The standard InChI is InChI=1S/C14H14ClN5O/c15-12-3-4-13(11(8-12)2-1-6-16)19-14(21)5-7-20-10-17-9-18-20/h3-4,8-10H,5-7,16H2,(H,19,21). The van der Waals surface area contributed by atoms with Crippen LogP contribution in [-0.2, 0) is 11.3 Å².